The number of nitrogens with one attached hydrogen (secondary N) is 2. The lowest BCUT2D eigenvalue weighted by Crippen LogP contribution is -2.51. The fourth-order valence-corrected chi connectivity index (χ4v) is 5.77. The van der Waals surface area contributed by atoms with Crippen LogP contribution in [0.5, 0.6) is 0 Å². The van der Waals surface area contributed by atoms with E-state index in [0.29, 0.717) is 28.5 Å². The summed E-state index contributed by atoms with van der Waals surface area (Å²) in [5.41, 5.74) is -3.85. The van der Waals surface area contributed by atoms with E-state index in [-0.39, 0.29) is 41.2 Å². The monoisotopic (exact) mass is 663 g/mol. The van der Waals surface area contributed by atoms with Gasteiger partial charge in [-0.15, -0.1) is 11.8 Å². The normalized spacial score (nSPS) is 15.0. The summed E-state index contributed by atoms with van der Waals surface area (Å²) >= 11 is 13.7. The molecule has 3 N–H and O–H groups in total. The first-order valence-corrected chi connectivity index (χ1v) is 15.2. The molecular weight excluding hydrogens is 638 g/mol. The van der Waals surface area contributed by atoms with Gasteiger partial charge in [0.05, 0.1) is 10.0 Å². The minimum absolute atomic E-state index is 0.0328. The number of piperidine rings is 1. The third kappa shape index (κ3) is 9.58. The molecule has 15 heteroatoms. The van der Waals surface area contributed by atoms with Crippen LogP contribution in [0.2, 0.25) is 10.0 Å². The number of alkyl halides is 3. The Kier molecular flexibility index (Phi) is 12.0. The second kappa shape index (κ2) is 15.0. The second-order valence-electron chi connectivity index (χ2n) is 9.10. The highest BCUT2D eigenvalue weighted by Gasteiger charge is 2.31. The first-order valence-electron chi connectivity index (χ1n) is 12.4. The molecule has 2 aromatic carbocycles. The quantitative estimate of drug-likeness (QED) is 0.225. The predicted octanol–water partition coefficient (Wildman–Crippen LogP) is 5.58. The molecule has 226 valence electrons. The van der Waals surface area contributed by atoms with Gasteiger partial charge in [0.2, 0.25) is 11.8 Å². The van der Waals surface area contributed by atoms with Gasteiger partial charge in [-0.2, -0.15) is 13.2 Å². The molecule has 0 aromatic heterocycles. The molecule has 8 nitrogen and oxygen atoms in total. The lowest BCUT2D eigenvalue weighted by Gasteiger charge is -2.31. The van der Waals surface area contributed by atoms with Crippen LogP contribution in [0.25, 0.3) is 6.08 Å². The van der Waals surface area contributed by atoms with Crippen molar-refractivity contribution in [1.29, 1.82) is 0 Å². The van der Waals surface area contributed by atoms with Crippen LogP contribution in [0.1, 0.15) is 28.8 Å². The van der Waals surface area contributed by atoms with Gasteiger partial charge in [0, 0.05) is 47.0 Å². The largest absolute Gasteiger partial charge is 0.480 e. The van der Waals surface area contributed by atoms with E-state index in [0.717, 1.165) is 17.0 Å². The third-order valence-corrected chi connectivity index (χ3v) is 8.84. The van der Waals surface area contributed by atoms with Crippen molar-refractivity contribution >= 4 is 76.5 Å². The molecule has 3 rings (SSSR count). The average Bonchev–Trinajstić information content (AvgIpc) is 2.95. The number of amides is 3. The number of hydrogen-bond donors (Lipinski definition) is 3. The average molecular weight is 665 g/mol. The fourth-order valence-electron chi connectivity index (χ4n) is 4.06. The van der Waals surface area contributed by atoms with Crippen molar-refractivity contribution < 1.29 is 37.5 Å². The highest BCUT2D eigenvalue weighted by atomic mass is 35.5. The lowest BCUT2D eigenvalue weighted by molar-refractivity contribution is -0.142. The van der Waals surface area contributed by atoms with Crippen LogP contribution in [0.15, 0.2) is 52.3 Å². The first-order chi connectivity index (χ1) is 19.8. The van der Waals surface area contributed by atoms with E-state index in [1.807, 2.05) is 6.26 Å². The summed E-state index contributed by atoms with van der Waals surface area (Å²) in [4.78, 5) is 51.8. The van der Waals surface area contributed by atoms with Crippen molar-refractivity contribution in [2.75, 3.05) is 25.9 Å². The van der Waals surface area contributed by atoms with Crippen LogP contribution in [0, 0.1) is 5.92 Å². The van der Waals surface area contributed by atoms with Gasteiger partial charge in [-0.05, 0) is 72.8 Å². The number of likely N-dealkylation sites (tertiary alicyclic amines) is 1. The molecule has 0 saturated carbocycles. The number of benzene rings is 2. The molecule has 2 aromatic rings. The number of rotatable bonds is 10. The summed E-state index contributed by atoms with van der Waals surface area (Å²) < 4.78 is 37.4. The summed E-state index contributed by atoms with van der Waals surface area (Å²) in [6.07, 6.45) is 5.43. The van der Waals surface area contributed by atoms with Crippen LogP contribution >= 0.6 is 46.7 Å². The van der Waals surface area contributed by atoms with Crippen molar-refractivity contribution in [3.8, 4) is 0 Å². The zero-order valence-corrected chi connectivity index (χ0v) is 25.2. The van der Waals surface area contributed by atoms with Gasteiger partial charge in [-0.3, -0.25) is 14.4 Å². The standard InChI is InChI=1S/C27H26Cl2F3N3O5S2/c1-41-20-8-4-15(22(28)23(20)29)5-9-21(36)35-12-10-17(11-13-35)25(38)34-19(26(39)40)14-33-24(37)16-2-6-18(7-3-16)42-27(30,31)32/h2-9,17,19H,10-14H2,1H3,(H,33,37)(H,34,38)(H,39,40). The van der Waals surface area contributed by atoms with E-state index in [1.165, 1.54) is 30.0 Å². The van der Waals surface area contributed by atoms with Crippen molar-refractivity contribution in [2.45, 2.75) is 34.2 Å². The Labute approximate surface area is 258 Å². The van der Waals surface area contributed by atoms with Crippen LogP contribution < -0.4 is 10.6 Å². The van der Waals surface area contributed by atoms with Crippen LogP contribution in [-0.2, 0) is 14.4 Å². The van der Waals surface area contributed by atoms with Crippen molar-refractivity contribution in [2.24, 2.45) is 5.92 Å². The summed E-state index contributed by atoms with van der Waals surface area (Å²) in [6, 6.07) is 6.77. The molecule has 1 heterocycles. The van der Waals surface area contributed by atoms with Gasteiger partial charge in [0.25, 0.3) is 5.91 Å². The van der Waals surface area contributed by atoms with Crippen LogP contribution in [-0.4, -0.2) is 71.1 Å². The fraction of sp³-hybridized carbons (Fsp3) is 0.333. The van der Waals surface area contributed by atoms with E-state index in [1.54, 1.807) is 23.1 Å². The maximum absolute atomic E-state index is 12.8. The molecule has 0 spiro atoms. The number of carbonyl (C=O) groups excluding carboxylic acids is 3. The molecule has 0 bridgehead atoms. The smallest absolute Gasteiger partial charge is 0.446 e. The Morgan fingerprint density at radius 2 is 1.71 bits per heavy atom. The predicted molar refractivity (Wildman–Crippen MR) is 157 cm³/mol. The van der Waals surface area contributed by atoms with Gasteiger partial charge in [0.15, 0.2) is 0 Å². The molecule has 0 radical (unpaired) electrons. The molecule has 42 heavy (non-hydrogen) atoms. The SMILES string of the molecule is CSc1ccc(C=CC(=O)N2CCC(C(=O)NC(CNC(=O)c3ccc(SC(F)(F)F)cc3)C(=O)O)CC2)c(Cl)c1Cl. The molecule has 1 saturated heterocycles. The van der Waals surface area contributed by atoms with Crippen molar-refractivity contribution in [3.05, 3.63) is 63.6 Å². The maximum Gasteiger partial charge on any atom is 0.446 e. The third-order valence-electron chi connectivity index (χ3n) is 6.31. The van der Waals surface area contributed by atoms with E-state index in [4.69, 9.17) is 23.2 Å². The molecule has 1 aliphatic rings. The van der Waals surface area contributed by atoms with Gasteiger partial charge in [0.1, 0.15) is 6.04 Å². The number of aliphatic carboxylic acids is 1. The summed E-state index contributed by atoms with van der Waals surface area (Å²) in [6.45, 7) is 0.113. The van der Waals surface area contributed by atoms with Crippen LogP contribution in [0.4, 0.5) is 13.2 Å². The van der Waals surface area contributed by atoms with Gasteiger partial charge < -0.3 is 20.6 Å². The second-order valence-corrected chi connectivity index (χ2v) is 11.8. The summed E-state index contributed by atoms with van der Waals surface area (Å²) in [7, 11) is 0. The maximum atomic E-state index is 12.8. The number of hydrogen-bond acceptors (Lipinski definition) is 6. The van der Waals surface area contributed by atoms with Crippen LogP contribution in [0.3, 0.4) is 0 Å². The first kappa shape index (κ1) is 33.6. The number of nitrogens with zero attached hydrogens (tertiary/aromatic N) is 1. The molecular formula is C27H26Cl2F3N3O5S2. The number of carboxylic acid groups (broad SMARTS) is 1. The topological polar surface area (TPSA) is 116 Å². The molecule has 3 amide bonds. The summed E-state index contributed by atoms with van der Waals surface area (Å²) in [5.74, 6) is -3.42. The Hall–Kier alpha value is -2.87. The number of carboxylic acids is 1. The Morgan fingerprint density at radius 1 is 1.07 bits per heavy atom. The molecule has 1 atom stereocenters. The molecule has 0 aliphatic carbocycles. The highest BCUT2D eigenvalue weighted by molar-refractivity contribution is 8.00. The highest BCUT2D eigenvalue weighted by Crippen LogP contribution is 2.37. The van der Waals surface area contributed by atoms with Gasteiger partial charge >= 0.3 is 11.5 Å². The summed E-state index contributed by atoms with van der Waals surface area (Å²) in [5, 5.41) is 15.1. The molecule has 1 fully saturated rings. The Bertz CT molecular complexity index is 1350. The molecule has 1 unspecified atom stereocenters. The van der Waals surface area contributed by atoms with Gasteiger partial charge in [-0.1, -0.05) is 29.3 Å². The number of halogens is 5. The minimum atomic E-state index is -4.47. The lowest BCUT2D eigenvalue weighted by atomic mass is 9.95. The van der Waals surface area contributed by atoms with Crippen molar-refractivity contribution in [1.82, 2.24) is 15.5 Å². The number of thioether (sulfide) groups is 2. The Morgan fingerprint density at radius 3 is 2.29 bits per heavy atom. The van der Waals surface area contributed by atoms with E-state index < -0.39 is 41.8 Å². The molecule has 1 aliphatic heterocycles. The zero-order chi connectivity index (χ0) is 31.0. The van der Waals surface area contributed by atoms with E-state index in [2.05, 4.69) is 10.6 Å². The van der Waals surface area contributed by atoms with Crippen molar-refractivity contribution in [3.63, 3.8) is 0 Å². The van der Waals surface area contributed by atoms with Gasteiger partial charge in [-0.25, -0.2) is 4.79 Å². The van der Waals surface area contributed by atoms with E-state index in [9.17, 15) is 37.5 Å². The Balaban J connectivity index is 1.49. The minimum Gasteiger partial charge on any atom is -0.480 e. The zero-order valence-electron chi connectivity index (χ0n) is 22.0. The number of carbonyl (C=O) groups is 4. The van der Waals surface area contributed by atoms with E-state index >= 15 is 0 Å².